The first kappa shape index (κ1) is 14.6. The molecule has 1 aromatic carbocycles. The fourth-order valence-corrected chi connectivity index (χ4v) is 2.94. The molecule has 2 aromatic rings. The maximum atomic E-state index is 12.3. The normalized spacial score (nSPS) is 11.2. The molecule has 2 rings (SSSR count). The van der Waals surface area contributed by atoms with Crippen molar-refractivity contribution in [2.24, 2.45) is 0 Å². The van der Waals surface area contributed by atoms with Gasteiger partial charge in [-0.15, -0.1) is 0 Å². The number of hydrogen-bond donors (Lipinski definition) is 2. The van der Waals surface area contributed by atoms with Gasteiger partial charge >= 0.3 is 0 Å². The minimum atomic E-state index is -3.70. The Labute approximate surface area is 123 Å². The van der Waals surface area contributed by atoms with Crippen molar-refractivity contribution in [3.63, 3.8) is 0 Å². The van der Waals surface area contributed by atoms with Crippen molar-refractivity contribution in [3.05, 3.63) is 47.1 Å². The Hall–Kier alpha value is -1.79. The highest BCUT2D eigenvalue weighted by atomic mass is 35.5. The summed E-state index contributed by atoms with van der Waals surface area (Å²) in [5.74, 6) is 0.475. The molecule has 0 spiro atoms. The highest BCUT2D eigenvalue weighted by Crippen LogP contribution is 2.25. The molecule has 0 saturated carbocycles. The van der Waals surface area contributed by atoms with Crippen molar-refractivity contribution in [1.29, 1.82) is 0 Å². The second-order valence-corrected chi connectivity index (χ2v) is 6.31. The van der Waals surface area contributed by atoms with Gasteiger partial charge in [-0.2, -0.15) is 0 Å². The molecule has 0 aliphatic heterocycles. The second kappa shape index (κ2) is 5.68. The van der Waals surface area contributed by atoms with Crippen molar-refractivity contribution >= 4 is 33.1 Å². The van der Waals surface area contributed by atoms with Gasteiger partial charge in [0.25, 0.3) is 10.0 Å². The largest absolute Gasteiger partial charge is 0.373 e. The average Bonchev–Trinajstić information content (AvgIpc) is 2.43. The molecule has 7 heteroatoms. The lowest BCUT2D eigenvalue weighted by atomic mass is 10.2. The molecule has 0 aliphatic carbocycles. The van der Waals surface area contributed by atoms with E-state index in [2.05, 4.69) is 15.0 Å². The summed E-state index contributed by atoms with van der Waals surface area (Å²) in [7, 11) is -2.03. The fraction of sp³-hybridized carbons (Fsp3) is 0.154. The summed E-state index contributed by atoms with van der Waals surface area (Å²) >= 11 is 6.00. The summed E-state index contributed by atoms with van der Waals surface area (Å²) in [6.45, 7) is 1.86. The van der Waals surface area contributed by atoms with E-state index < -0.39 is 10.0 Å². The van der Waals surface area contributed by atoms with Crippen LogP contribution in [0.25, 0.3) is 0 Å². The molecular weight excluding hydrogens is 298 g/mol. The van der Waals surface area contributed by atoms with Crippen molar-refractivity contribution in [2.75, 3.05) is 17.1 Å². The van der Waals surface area contributed by atoms with E-state index >= 15 is 0 Å². The predicted molar refractivity (Wildman–Crippen MR) is 80.8 cm³/mol. The minimum absolute atomic E-state index is 0.120. The van der Waals surface area contributed by atoms with Crippen LogP contribution in [0, 0.1) is 6.92 Å². The van der Waals surface area contributed by atoms with Crippen LogP contribution >= 0.6 is 11.6 Å². The standard InChI is InChI=1S/C13H14ClN3O2S/c1-9-3-4-11(14)12(7-9)17-20(18,19)10-5-6-16-13(8-10)15-2/h3-8,17H,1-2H3,(H,15,16). The summed E-state index contributed by atoms with van der Waals surface area (Å²) in [5.41, 5.74) is 1.27. The molecule has 0 atom stereocenters. The molecule has 0 unspecified atom stereocenters. The fourth-order valence-electron chi connectivity index (χ4n) is 1.64. The summed E-state index contributed by atoms with van der Waals surface area (Å²) < 4.78 is 27.1. The molecular formula is C13H14ClN3O2S. The number of halogens is 1. The van der Waals surface area contributed by atoms with Crippen LogP contribution in [-0.4, -0.2) is 20.4 Å². The quantitative estimate of drug-likeness (QED) is 0.911. The molecule has 5 nitrogen and oxygen atoms in total. The Morgan fingerprint density at radius 1 is 1.20 bits per heavy atom. The van der Waals surface area contributed by atoms with Gasteiger partial charge in [-0.1, -0.05) is 17.7 Å². The van der Waals surface area contributed by atoms with E-state index in [9.17, 15) is 8.42 Å². The monoisotopic (exact) mass is 311 g/mol. The first-order chi connectivity index (χ1) is 9.42. The van der Waals surface area contributed by atoms with Gasteiger partial charge in [0.05, 0.1) is 15.6 Å². The number of nitrogens with zero attached hydrogens (tertiary/aromatic N) is 1. The van der Waals surface area contributed by atoms with E-state index in [4.69, 9.17) is 11.6 Å². The van der Waals surface area contributed by atoms with Crippen LogP contribution in [0.5, 0.6) is 0 Å². The Morgan fingerprint density at radius 3 is 2.65 bits per heavy atom. The summed E-state index contributed by atoms with van der Waals surface area (Å²) in [6.07, 6.45) is 1.43. The van der Waals surface area contributed by atoms with Crippen molar-refractivity contribution < 1.29 is 8.42 Å². The zero-order chi connectivity index (χ0) is 14.8. The zero-order valence-electron chi connectivity index (χ0n) is 11.0. The summed E-state index contributed by atoms with van der Waals surface area (Å²) in [5, 5.41) is 3.14. The number of nitrogens with one attached hydrogen (secondary N) is 2. The second-order valence-electron chi connectivity index (χ2n) is 4.22. The highest BCUT2D eigenvalue weighted by Gasteiger charge is 2.16. The number of anilines is 2. The number of pyridine rings is 1. The summed E-state index contributed by atoms with van der Waals surface area (Å²) in [6, 6.07) is 8.02. The molecule has 1 heterocycles. The maximum Gasteiger partial charge on any atom is 0.262 e. The molecule has 0 aliphatic rings. The van der Waals surface area contributed by atoms with Crippen LogP contribution in [0.1, 0.15) is 5.56 Å². The molecule has 20 heavy (non-hydrogen) atoms. The SMILES string of the molecule is CNc1cc(S(=O)(=O)Nc2cc(C)ccc2Cl)ccn1. The lowest BCUT2D eigenvalue weighted by molar-refractivity contribution is 0.601. The zero-order valence-corrected chi connectivity index (χ0v) is 12.6. The third-order valence-corrected chi connectivity index (χ3v) is 4.36. The van der Waals surface area contributed by atoms with E-state index in [0.29, 0.717) is 16.5 Å². The third-order valence-electron chi connectivity index (χ3n) is 2.66. The Kier molecular flexibility index (Phi) is 4.15. The average molecular weight is 312 g/mol. The van der Waals surface area contributed by atoms with Crippen LogP contribution < -0.4 is 10.0 Å². The lowest BCUT2D eigenvalue weighted by Crippen LogP contribution is -2.14. The number of aromatic nitrogens is 1. The van der Waals surface area contributed by atoms with Crippen LogP contribution in [0.3, 0.4) is 0 Å². The molecule has 0 bridgehead atoms. The van der Waals surface area contributed by atoms with E-state index in [1.807, 2.05) is 13.0 Å². The Bertz CT molecular complexity index is 732. The first-order valence-electron chi connectivity index (χ1n) is 5.85. The van der Waals surface area contributed by atoms with E-state index in [1.165, 1.54) is 18.3 Å². The van der Waals surface area contributed by atoms with Gasteiger partial charge in [0.2, 0.25) is 0 Å². The van der Waals surface area contributed by atoms with Gasteiger partial charge in [0.1, 0.15) is 5.82 Å². The van der Waals surface area contributed by atoms with E-state index in [-0.39, 0.29) is 4.90 Å². The third kappa shape index (κ3) is 3.20. The first-order valence-corrected chi connectivity index (χ1v) is 7.71. The topological polar surface area (TPSA) is 71.1 Å². The Morgan fingerprint density at radius 2 is 1.95 bits per heavy atom. The molecule has 106 valence electrons. The minimum Gasteiger partial charge on any atom is -0.373 e. The number of aryl methyl sites for hydroxylation is 1. The van der Waals surface area contributed by atoms with Gasteiger partial charge in [-0.3, -0.25) is 4.72 Å². The maximum absolute atomic E-state index is 12.3. The van der Waals surface area contributed by atoms with Crippen LogP contribution in [0.4, 0.5) is 11.5 Å². The lowest BCUT2D eigenvalue weighted by Gasteiger charge is -2.11. The van der Waals surface area contributed by atoms with Crippen LogP contribution in [0.2, 0.25) is 5.02 Å². The molecule has 0 radical (unpaired) electrons. The number of sulfonamides is 1. The molecule has 0 amide bonds. The van der Waals surface area contributed by atoms with Gasteiger partial charge in [-0.25, -0.2) is 13.4 Å². The van der Waals surface area contributed by atoms with Crippen LogP contribution in [-0.2, 0) is 10.0 Å². The number of rotatable bonds is 4. The summed E-state index contributed by atoms with van der Waals surface area (Å²) in [4.78, 5) is 4.10. The number of benzene rings is 1. The predicted octanol–water partition coefficient (Wildman–Crippen LogP) is 2.89. The van der Waals surface area contributed by atoms with E-state index in [0.717, 1.165) is 5.56 Å². The van der Waals surface area contributed by atoms with Gasteiger partial charge in [0, 0.05) is 19.3 Å². The molecule has 1 aromatic heterocycles. The van der Waals surface area contributed by atoms with Gasteiger partial charge in [0.15, 0.2) is 0 Å². The highest BCUT2D eigenvalue weighted by molar-refractivity contribution is 7.92. The van der Waals surface area contributed by atoms with E-state index in [1.54, 1.807) is 19.2 Å². The molecule has 0 fully saturated rings. The Balaban J connectivity index is 2.38. The van der Waals surface area contributed by atoms with Crippen molar-refractivity contribution in [2.45, 2.75) is 11.8 Å². The molecule has 2 N–H and O–H groups in total. The van der Waals surface area contributed by atoms with Gasteiger partial charge in [-0.05, 0) is 30.7 Å². The number of hydrogen-bond acceptors (Lipinski definition) is 4. The van der Waals surface area contributed by atoms with Crippen molar-refractivity contribution in [1.82, 2.24) is 4.98 Å². The van der Waals surface area contributed by atoms with Gasteiger partial charge < -0.3 is 5.32 Å². The smallest absolute Gasteiger partial charge is 0.262 e. The van der Waals surface area contributed by atoms with Crippen molar-refractivity contribution in [3.8, 4) is 0 Å². The molecule has 0 saturated heterocycles. The van der Waals surface area contributed by atoms with Crippen LogP contribution in [0.15, 0.2) is 41.4 Å².